The van der Waals surface area contributed by atoms with Gasteiger partial charge in [-0.2, -0.15) is 9.82 Å². The van der Waals surface area contributed by atoms with E-state index in [1.54, 1.807) is 46.8 Å². The van der Waals surface area contributed by atoms with Crippen molar-refractivity contribution >= 4 is 27.5 Å². The molecule has 0 saturated carbocycles. The highest BCUT2D eigenvalue weighted by Crippen LogP contribution is 2.30. The van der Waals surface area contributed by atoms with Crippen LogP contribution >= 0.6 is 0 Å². The zero-order valence-corrected chi connectivity index (χ0v) is 18.4. The van der Waals surface area contributed by atoms with Crippen LogP contribution in [0.5, 0.6) is 0 Å². The summed E-state index contributed by atoms with van der Waals surface area (Å²) in [7, 11) is -2.24. The molecule has 1 fully saturated rings. The number of carbonyl (C=O) groups is 2. The second-order valence-electron chi connectivity index (χ2n) is 7.89. The fourth-order valence-electron chi connectivity index (χ4n) is 4.20. The topological polar surface area (TPSA) is 131 Å². The van der Waals surface area contributed by atoms with Crippen LogP contribution in [0.15, 0.2) is 29.3 Å². The number of benzene rings is 1. The normalized spacial score (nSPS) is 17.3. The molecule has 3 heterocycles. The van der Waals surface area contributed by atoms with Gasteiger partial charge in [-0.1, -0.05) is 6.07 Å². The van der Waals surface area contributed by atoms with Gasteiger partial charge in [-0.25, -0.2) is 8.42 Å². The number of aryl methyl sites for hydroxylation is 1. The molecule has 2 aliphatic rings. The monoisotopic (exact) mass is 446 g/mol. The molecule has 3 N–H and O–H groups in total. The van der Waals surface area contributed by atoms with E-state index in [1.807, 2.05) is 0 Å². The van der Waals surface area contributed by atoms with E-state index in [9.17, 15) is 18.0 Å². The second kappa shape index (κ2) is 8.06. The van der Waals surface area contributed by atoms with Crippen LogP contribution in [-0.4, -0.2) is 54.0 Å². The molecule has 1 atom stereocenters. The van der Waals surface area contributed by atoms with Crippen LogP contribution in [0.2, 0.25) is 0 Å². The SMILES string of the molecule is Cc1c(N2CCCC2=O)cccc1S(=O)(=O)N[C@@H](CN)C(=O)N1Cc2cnn(C)c2C1. The Balaban J connectivity index is 1.55. The molecule has 1 aromatic heterocycles. The summed E-state index contributed by atoms with van der Waals surface area (Å²) in [6, 6.07) is 3.71. The summed E-state index contributed by atoms with van der Waals surface area (Å²) >= 11 is 0. The average Bonchev–Trinajstić information content (AvgIpc) is 3.43. The Morgan fingerprint density at radius 2 is 2.10 bits per heavy atom. The van der Waals surface area contributed by atoms with Crippen LogP contribution < -0.4 is 15.4 Å². The Labute approximate surface area is 181 Å². The average molecular weight is 447 g/mol. The number of anilines is 1. The predicted octanol–water partition coefficient (Wildman–Crippen LogP) is 0.00332. The molecule has 11 heteroatoms. The van der Waals surface area contributed by atoms with Gasteiger partial charge in [-0.05, 0) is 31.0 Å². The fourth-order valence-corrected chi connectivity index (χ4v) is 5.67. The molecule has 0 bridgehead atoms. The number of hydrogen-bond donors (Lipinski definition) is 2. The summed E-state index contributed by atoms with van der Waals surface area (Å²) in [5.74, 6) is -0.408. The first-order chi connectivity index (χ1) is 14.7. The third kappa shape index (κ3) is 3.84. The Morgan fingerprint density at radius 1 is 1.32 bits per heavy atom. The summed E-state index contributed by atoms with van der Waals surface area (Å²) in [4.78, 5) is 28.3. The van der Waals surface area contributed by atoms with Crippen molar-refractivity contribution in [3.05, 3.63) is 41.2 Å². The Bertz CT molecular complexity index is 1140. The number of nitrogens with one attached hydrogen (secondary N) is 1. The number of carbonyl (C=O) groups excluding carboxylic acids is 2. The molecule has 2 amide bonds. The van der Waals surface area contributed by atoms with Gasteiger partial charge < -0.3 is 15.5 Å². The summed E-state index contributed by atoms with van der Waals surface area (Å²) in [6.45, 7) is 2.77. The first-order valence-corrected chi connectivity index (χ1v) is 11.6. The molecule has 4 rings (SSSR count). The zero-order valence-electron chi connectivity index (χ0n) is 17.5. The number of amides is 2. The van der Waals surface area contributed by atoms with Gasteiger partial charge >= 0.3 is 0 Å². The Morgan fingerprint density at radius 3 is 2.74 bits per heavy atom. The maximum absolute atomic E-state index is 13.2. The summed E-state index contributed by atoms with van der Waals surface area (Å²) < 4.78 is 30.5. The largest absolute Gasteiger partial charge is 0.331 e. The highest BCUT2D eigenvalue weighted by molar-refractivity contribution is 7.89. The molecule has 31 heavy (non-hydrogen) atoms. The van der Waals surface area contributed by atoms with Gasteiger partial charge in [-0.3, -0.25) is 14.3 Å². The number of nitrogens with two attached hydrogens (primary N) is 1. The van der Waals surface area contributed by atoms with Crippen molar-refractivity contribution in [2.75, 3.05) is 18.0 Å². The molecule has 166 valence electrons. The molecule has 0 unspecified atom stereocenters. The van der Waals surface area contributed by atoms with E-state index in [-0.39, 0.29) is 23.3 Å². The first-order valence-electron chi connectivity index (χ1n) is 10.1. The number of nitrogens with zero attached hydrogens (tertiary/aromatic N) is 4. The molecule has 1 saturated heterocycles. The van der Waals surface area contributed by atoms with Gasteiger partial charge in [0, 0.05) is 44.4 Å². The standard InChI is InChI=1S/C20H26N6O4S/c1-13-16(26-8-4-7-19(26)27)5-3-6-18(13)31(29,30)23-15(9-21)20(28)25-11-14-10-22-24(2)17(14)12-25/h3,5-6,10,15,23H,4,7-9,11-12,21H2,1-2H3/t15-/m0/s1. The quantitative estimate of drug-likeness (QED) is 0.642. The van der Waals surface area contributed by atoms with Crippen molar-refractivity contribution in [1.29, 1.82) is 0 Å². The Hall–Kier alpha value is -2.76. The van der Waals surface area contributed by atoms with E-state index in [0.717, 1.165) is 17.7 Å². The van der Waals surface area contributed by atoms with E-state index < -0.39 is 16.1 Å². The number of aromatic nitrogens is 2. The molecule has 10 nitrogen and oxygen atoms in total. The van der Waals surface area contributed by atoms with E-state index in [4.69, 9.17) is 5.73 Å². The molecule has 0 aliphatic carbocycles. The second-order valence-corrected chi connectivity index (χ2v) is 9.58. The molecule has 1 aromatic carbocycles. The van der Waals surface area contributed by atoms with E-state index in [1.165, 1.54) is 6.07 Å². The molecular formula is C20H26N6O4S. The predicted molar refractivity (Wildman–Crippen MR) is 113 cm³/mol. The minimum Gasteiger partial charge on any atom is -0.331 e. The van der Waals surface area contributed by atoms with Crippen LogP contribution in [0.1, 0.15) is 29.7 Å². The van der Waals surface area contributed by atoms with E-state index in [0.29, 0.717) is 37.3 Å². The minimum absolute atomic E-state index is 0.0243. The van der Waals surface area contributed by atoms with Crippen LogP contribution in [0.4, 0.5) is 5.69 Å². The lowest BCUT2D eigenvalue weighted by Gasteiger charge is -2.24. The highest BCUT2D eigenvalue weighted by Gasteiger charge is 2.34. The molecular weight excluding hydrogens is 420 g/mol. The van der Waals surface area contributed by atoms with Crippen LogP contribution in [0.25, 0.3) is 0 Å². The van der Waals surface area contributed by atoms with Gasteiger partial charge in [0.15, 0.2) is 0 Å². The van der Waals surface area contributed by atoms with Crippen molar-refractivity contribution < 1.29 is 18.0 Å². The van der Waals surface area contributed by atoms with Crippen LogP contribution in [-0.2, 0) is 39.7 Å². The van der Waals surface area contributed by atoms with E-state index >= 15 is 0 Å². The maximum atomic E-state index is 13.2. The zero-order chi connectivity index (χ0) is 22.3. The summed E-state index contributed by atoms with van der Waals surface area (Å²) in [5, 5.41) is 4.17. The number of rotatable bonds is 6. The number of fused-ring (bicyclic) bond motifs is 1. The van der Waals surface area contributed by atoms with Crippen LogP contribution in [0, 0.1) is 6.92 Å². The first kappa shape index (κ1) is 21.5. The maximum Gasteiger partial charge on any atom is 0.242 e. The lowest BCUT2D eigenvalue weighted by molar-refractivity contribution is -0.133. The molecule has 2 aromatic rings. The van der Waals surface area contributed by atoms with Crippen molar-refractivity contribution in [2.45, 2.75) is 43.8 Å². The van der Waals surface area contributed by atoms with Crippen molar-refractivity contribution in [3.63, 3.8) is 0 Å². The smallest absolute Gasteiger partial charge is 0.242 e. The van der Waals surface area contributed by atoms with Crippen molar-refractivity contribution in [3.8, 4) is 0 Å². The lowest BCUT2D eigenvalue weighted by atomic mass is 10.2. The van der Waals surface area contributed by atoms with Crippen LogP contribution in [0.3, 0.4) is 0 Å². The van der Waals surface area contributed by atoms with Crippen molar-refractivity contribution in [1.82, 2.24) is 19.4 Å². The van der Waals surface area contributed by atoms with Gasteiger partial charge in [0.1, 0.15) is 6.04 Å². The summed E-state index contributed by atoms with van der Waals surface area (Å²) in [5.41, 5.74) is 8.68. The highest BCUT2D eigenvalue weighted by atomic mass is 32.2. The fraction of sp³-hybridized carbons (Fsp3) is 0.450. The van der Waals surface area contributed by atoms with Crippen molar-refractivity contribution in [2.24, 2.45) is 12.8 Å². The Kier molecular flexibility index (Phi) is 5.58. The number of hydrogen-bond acceptors (Lipinski definition) is 6. The van der Waals surface area contributed by atoms with Gasteiger partial charge in [0.2, 0.25) is 21.8 Å². The third-order valence-corrected chi connectivity index (χ3v) is 7.52. The lowest BCUT2D eigenvalue weighted by Crippen LogP contribution is -2.51. The summed E-state index contributed by atoms with van der Waals surface area (Å²) in [6.07, 6.45) is 2.90. The van der Waals surface area contributed by atoms with E-state index in [2.05, 4.69) is 9.82 Å². The number of sulfonamides is 1. The molecule has 2 aliphatic heterocycles. The van der Waals surface area contributed by atoms with Gasteiger partial charge in [0.25, 0.3) is 0 Å². The third-order valence-electron chi connectivity index (χ3n) is 5.90. The van der Waals surface area contributed by atoms with Gasteiger partial charge in [0.05, 0.1) is 23.3 Å². The minimum atomic E-state index is -4.04. The molecule has 0 spiro atoms. The van der Waals surface area contributed by atoms with Gasteiger partial charge in [-0.15, -0.1) is 0 Å². The molecule has 0 radical (unpaired) electrons.